The van der Waals surface area contributed by atoms with Gasteiger partial charge in [0.05, 0.1) is 19.3 Å². The summed E-state index contributed by atoms with van der Waals surface area (Å²) in [4.78, 5) is 12.4. The van der Waals surface area contributed by atoms with Gasteiger partial charge in [-0.05, 0) is 29.4 Å². The molecule has 2 N–H and O–H groups in total. The Balaban J connectivity index is 0.00000312. The molecule has 142 valence electrons. The number of amides is 1. The monoisotopic (exact) mass is 368 g/mol. The number of morpholine rings is 1. The van der Waals surface area contributed by atoms with Crippen LogP contribution < -0.4 is 10.6 Å². The van der Waals surface area contributed by atoms with Gasteiger partial charge in [0.1, 0.15) is 0 Å². The molecule has 0 saturated carbocycles. The fourth-order valence-electron chi connectivity index (χ4n) is 3.11. The maximum atomic E-state index is 12.4. The minimum absolute atomic E-state index is 0. The van der Waals surface area contributed by atoms with E-state index in [0.29, 0.717) is 24.9 Å². The van der Waals surface area contributed by atoms with Gasteiger partial charge in [0.25, 0.3) is 0 Å². The van der Waals surface area contributed by atoms with Crippen LogP contribution in [0.1, 0.15) is 63.6 Å². The molecule has 5 heteroatoms. The average Bonchev–Trinajstić information content (AvgIpc) is 2.60. The Bertz CT molecular complexity index is 513. The van der Waals surface area contributed by atoms with E-state index in [1.807, 2.05) is 0 Å². The lowest BCUT2D eigenvalue weighted by atomic mass is 9.92. The maximum Gasteiger partial charge on any atom is 0.222 e. The molecule has 1 saturated heterocycles. The van der Waals surface area contributed by atoms with Crippen molar-refractivity contribution in [2.24, 2.45) is 5.92 Å². The molecule has 1 heterocycles. The van der Waals surface area contributed by atoms with Gasteiger partial charge in [-0.15, -0.1) is 12.4 Å². The van der Waals surface area contributed by atoms with Crippen molar-refractivity contribution in [1.29, 1.82) is 0 Å². The van der Waals surface area contributed by atoms with E-state index >= 15 is 0 Å². The van der Waals surface area contributed by atoms with Gasteiger partial charge in [-0.2, -0.15) is 0 Å². The predicted octanol–water partition coefficient (Wildman–Crippen LogP) is 3.81. The molecule has 0 radical (unpaired) electrons. The maximum absolute atomic E-state index is 12.4. The summed E-state index contributed by atoms with van der Waals surface area (Å²) in [5.41, 5.74) is 2.54. The molecule has 2 rings (SSSR count). The molecule has 1 fully saturated rings. The number of benzene rings is 1. The Morgan fingerprint density at radius 3 is 2.40 bits per heavy atom. The van der Waals surface area contributed by atoms with Gasteiger partial charge in [-0.25, -0.2) is 0 Å². The van der Waals surface area contributed by atoms with Crippen molar-refractivity contribution >= 4 is 18.3 Å². The zero-order valence-electron chi connectivity index (χ0n) is 15.9. The molecular weight excluding hydrogens is 336 g/mol. The van der Waals surface area contributed by atoms with E-state index in [0.717, 1.165) is 19.6 Å². The van der Waals surface area contributed by atoms with E-state index in [1.165, 1.54) is 11.1 Å². The molecule has 1 aromatic rings. The third-order valence-electron chi connectivity index (χ3n) is 4.89. The highest BCUT2D eigenvalue weighted by atomic mass is 35.5. The fraction of sp³-hybridized carbons (Fsp3) is 0.650. The zero-order chi connectivity index (χ0) is 17.5. The second kappa shape index (κ2) is 10.8. The van der Waals surface area contributed by atoms with E-state index in [2.05, 4.69) is 62.6 Å². The van der Waals surface area contributed by atoms with Crippen molar-refractivity contribution in [3.63, 3.8) is 0 Å². The van der Waals surface area contributed by atoms with Crippen molar-refractivity contribution in [1.82, 2.24) is 10.6 Å². The number of nitrogens with one attached hydrogen (secondary N) is 2. The Morgan fingerprint density at radius 2 is 1.88 bits per heavy atom. The number of rotatable bonds is 7. The smallest absolute Gasteiger partial charge is 0.222 e. The van der Waals surface area contributed by atoms with Gasteiger partial charge < -0.3 is 15.4 Å². The van der Waals surface area contributed by atoms with Crippen molar-refractivity contribution in [2.45, 2.75) is 58.5 Å². The van der Waals surface area contributed by atoms with Crippen LogP contribution in [0.3, 0.4) is 0 Å². The first-order valence-electron chi connectivity index (χ1n) is 9.21. The Hall–Kier alpha value is -1.10. The number of carbonyl (C=O) groups excluding carboxylic acids is 1. The van der Waals surface area contributed by atoms with Gasteiger partial charge in [0.2, 0.25) is 5.91 Å². The van der Waals surface area contributed by atoms with Crippen LogP contribution in [-0.4, -0.2) is 31.7 Å². The third-order valence-corrected chi connectivity index (χ3v) is 4.89. The number of carbonyl (C=O) groups is 1. The normalized spacial score (nSPS) is 19.8. The largest absolute Gasteiger partial charge is 0.378 e. The first kappa shape index (κ1) is 21.9. The molecule has 1 amide bonds. The average molecular weight is 369 g/mol. The van der Waals surface area contributed by atoms with Crippen molar-refractivity contribution < 1.29 is 9.53 Å². The summed E-state index contributed by atoms with van der Waals surface area (Å²) in [5, 5.41) is 6.54. The van der Waals surface area contributed by atoms with Crippen molar-refractivity contribution in [2.75, 3.05) is 19.8 Å². The Labute approximate surface area is 158 Å². The predicted molar refractivity (Wildman–Crippen MR) is 105 cm³/mol. The molecule has 3 unspecified atom stereocenters. The summed E-state index contributed by atoms with van der Waals surface area (Å²) in [5.74, 6) is 1.00. The fourth-order valence-corrected chi connectivity index (χ4v) is 3.11. The van der Waals surface area contributed by atoms with Crippen molar-refractivity contribution in [3.8, 4) is 0 Å². The van der Waals surface area contributed by atoms with E-state index in [-0.39, 0.29) is 30.4 Å². The van der Waals surface area contributed by atoms with Gasteiger partial charge in [0, 0.05) is 19.0 Å². The number of ether oxygens (including phenoxy) is 1. The third kappa shape index (κ3) is 6.61. The number of hydrogen-bond acceptors (Lipinski definition) is 3. The highest BCUT2D eigenvalue weighted by molar-refractivity contribution is 5.85. The van der Waals surface area contributed by atoms with Crippen LogP contribution in [0.2, 0.25) is 0 Å². The summed E-state index contributed by atoms with van der Waals surface area (Å²) in [7, 11) is 0. The van der Waals surface area contributed by atoms with Crippen LogP contribution in [0.25, 0.3) is 0 Å². The van der Waals surface area contributed by atoms with E-state index in [1.54, 1.807) is 0 Å². The molecule has 25 heavy (non-hydrogen) atoms. The summed E-state index contributed by atoms with van der Waals surface area (Å²) in [6, 6.07) is 8.89. The lowest BCUT2D eigenvalue weighted by Crippen LogP contribution is -2.45. The summed E-state index contributed by atoms with van der Waals surface area (Å²) >= 11 is 0. The molecule has 1 aliphatic rings. The molecule has 3 atom stereocenters. The van der Waals surface area contributed by atoms with Crippen molar-refractivity contribution in [3.05, 3.63) is 35.4 Å². The Kier molecular flexibility index (Phi) is 9.47. The van der Waals surface area contributed by atoms with Crippen LogP contribution in [0, 0.1) is 5.92 Å². The van der Waals surface area contributed by atoms with Gasteiger partial charge in [-0.1, -0.05) is 52.0 Å². The van der Waals surface area contributed by atoms with Crippen LogP contribution in [0.4, 0.5) is 0 Å². The zero-order valence-corrected chi connectivity index (χ0v) is 16.7. The van der Waals surface area contributed by atoms with E-state index in [4.69, 9.17) is 4.74 Å². The molecular formula is C20H33ClN2O2. The molecule has 0 aliphatic carbocycles. The summed E-state index contributed by atoms with van der Waals surface area (Å²) in [6.07, 6.45) is 1.61. The van der Waals surface area contributed by atoms with Gasteiger partial charge >= 0.3 is 0 Å². The van der Waals surface area contributed by atoms with Crippen LogP contribution in [0.15, 0.2) is 24.3 Å². The summed E-state index contributed by atoms with van der Waals surface area (Å²) < 4.78 is 5.42. The standard InChI is InChI=1S/C20H32N2O2.ClH/c1-5-15(4)16-6-8-17(9-7-16)20(14(2)3)22-19(23)12-18-13-24-11-10-21-18;/h6-9,14-15,18,20-21H,5,10-13H2,1-4H3,(H,22,23);1H. The second-order valence-corrected chi connectivity index (χ2v) is 7.20. The highest BCUT2D eigenvalue weighted by Crippen LogP contribution is 2.25. The first-order chi connectivity index (χ1) is 11.5. The minimum atomic E-state index is 0. The van der Waals surface area contributed by atoms with Crippen LogP contribution >= 0.6 is 12.4 Å². The molecule has 1 aromatic carbocycles. The lowest BCUT2D eigenvalue weighted by molar-refractivity contribution is -0.123. The minimum Gasteiger partial charge on any atom is -0.378 e. The van der Waals surface area contributed by atoms with Gasteiger partial charge in [-0.3, -0.25) is 4.79 Å². The first-order valence-corrected chi connectivity index (χ1v) is 9.21. The van der Waals surface area contributed by atoms with Crippen LogP contribution in [-0.2, 0) is 9.53 Å². The molecule has 4 nitrogen and oxygen atoms in total. The van der Waals surface area contributed by atoms with E-state index < -0.39 is 0 Å². The van der Waals surface area contributed by atoms with Crippen LogP contribution in [0.5, 0.6) is 0 Å². The van der Waals surface area contributed by atoms with Gasteiger partial charge in [0.15, 0.2) is 0 Å². The molecule has 0 spiro atoms. The molecule has 0 bridgehead atoms. The SMILES string of the molecule is CCC(C)c1ccc(C(NC(=O)CC2COCCN2)C(C)C)cc1.Cl. The lowest BCUT2D eigenvalue weighted by Gasteiger charge is -2.27. The second-order valence-electron chi connectivity index (χ2n) is 7.20. The number of hydrogen-bond donors (Lipinski definition) is 2. The highest BCUT2D eigenvalue weighted by Gasteiger charge is 2.22. The topological polar surface area (TPSA) is 50.4 Å². The molecule has 0 aromatic heterocycles. The molecule has 1 aliphatic heterocycles. The Morgan fingerprint density at radius 1 is 1.24 bits per heavy atom. The quantitative estimate of drug-likeness (QED) is 0.769. The van der Waals surface area contributed by atoms with E-state index in [9.17, 15) is 4.79 Å². The summed E-state index contributed by atoms with van der Waals surface area (Å²) in [6.45, 7) is 10.9. The number of halogens is 1.